The fourth-order valence-corrected chi connectivity index (χ4v) is 5.10. The van der Waals surface area contributed by atoms with Crippen LogP contribution < -0.4 is 0 Å². The summed E-state index contributed by atoms with van der Waals surface area (Å²) in [4.78, 5) is 16.5. The van der Waals surface area contributed by atoms with Crippen LogP contribution in [0.3, 0.4) is 0 Å². The Morgan fingerprint density at radius 2 is 1.76 bits per heavy atom. The Labute approximate surface area is 157 Å². The summed E-state index contributed by atoms with van der Waals surface area (Å²) in [6, 6.07) is 7.83. The lowest BCUT2D eigenvalue weighted by molar-refractivity contribution is -0.169. The van der Waals surface area contributed by atoms with Crippen molar-refractivity contribution in [3.05, 3.63) is 44.8 Å². The Bertz CT molecular complexity index is 627. The summed E-state index contributed by atoms with van der Waals surface area (Å²) < 4.78 is 5.77. The van der Waals surface area contributed by atoms with Crippen LogP contribution >= 0.6 is 22.7 Å². The van der Waals surface area contributed by atoms with E-state index in [2.05, 4.69) is 18.9 Å². The lowest BCUT2D eigenvalue weighted by atomic mass is 9.91. The van der Waals surface area contributed by atoms with Gasteiger partial charge in [-0.05, 0) is 62.2 Å². The number of carbonyl (C=O) groups is 1. The van der Waals surface area contributed by atoms with E-state index >= 15 is 0 Å². The molecule has 25 heavy (non-hydrogen) atoms. The molecule has 0 aromatic carbocycles. The summed E-state index contributed by atoms with van der Waals surface area (Å²) in [5.41, 5.74) is -1.70. The van der Waals surface area contributed by atoms with Gasteiger partial charge in [0.1, 0.15) is 6.10 Å². The minimum absolute atomic E-state index is 0.111. The van der Waals surface area contributed by atoms with Crippen LogP contribution in [-0.4, -0.2) is 41.7 Å². The Balaban J connectivity index is 1.71. The second kappa shape index (κ2) is 7.99. The molecule has 1 fully saturated rings. The van der Waals surface area contributed by atoms with Gasteiger partial charge in [0.05, 0.1) is 9.75 Å². The molecule has 0 atom stereocenters. The van der Waals surface area contributed by atoms with E-state index < -0.39 is 11.6 Å². The minimum atomic E-state index is -1.70. The van der Waals surface area contributed by atoms with Crippen molar-refractivity contribution in [3.63, 3.8) is 0 Å². The van der Waals surface area contributed by atoms with Crippen molar-refractivity contribution >= 4 is 28.6 Å². The summed E-state index contributed by atoms with van der Waals surface area (Å²) in [6.45, 7) is 3.19. The third-order valence-corrected chi connectivity index (χ3v) is 7.05. The van der Waals surface area contributed by atoms with Crippen molar-refractivity contribution in [2.75, 3.05) is 13.6 Å². The van der Waals surface area contributed by atoms with E-state index in [0.717, 1.165) is 32.2 Å². The van der Waals surface area contributed by atoms with Crippen LogP contribution in [0.1, 0.15) is 42.4 Å². The third kappa shape index (κ3) is 3.82. The predicted octanol–water partition coefficient (Wildman–Crippen LogP) is 3.85. The smallest absolute Gasteiger partial charge is 0.349 e. The zero-order valence-corrected chi connectivity index (χ0v) is 16.3. The van der Waals surface area contributed by atoms with Gasteiger partial charge >= 0.3 is 5.97 Å². The highest BCUT2D eigenvalue weighted by molar-refractivity contribution is 7.12. The lowest BCUT2D eigenvalue weighted by Crippen LogP contribution is -2.42. The van der Waals surface area contributed by atoms with Crippen molar-refractivity contribution in [1.29, 1.82) is 0 Å². The number of hydrogen-bond acceptors (Lipinski definition) is 6. The number of hydrogen-bond donors (Lipinski definition) is 1. The maximum Gasteiger partial charge on any atom is 0.349 e. The van der Waals surface area contributed by atoms with Gasteiger partial charge in [0.25, 0.3) is 0 Å². The number of nitrogens with zero attached hydrogens (tertiary/aromatic N) is 1. The van der Waals surface area contributed by atoms with Crippen LogP contribution in [-0.2, 0) is 15.1 Å². The molecular weight excluding hydrogens is 354 g/mol. The number of rotatable bonds is 6. The average molecular weight is 380 g/mol. The first-order valence-corrected chi connectivity index (χ1v) is 10.5. The average Bonchev–Trinajstić information content (AvgIpc) is 3.34. The number of aliphatic hydroxyl groups is 1. The van der Waals surface area contributed by atoms with Crippen molar-refractivity contribution in [3.8, 4) is 0 Å². The molecule has 0 amide bonds. The van der Waals surface area contributed by atoms with Gasteiger partial charge in [-0.15, -0.1) is 22.7 Å². The standard InChI is InChI=1S/C19H25NO3S2/c1-3-20(2)14-8-10-15(11-9-14)23-18(21)19(22,16-6-4-12-24-16)17-7-5-13-25-17/h4-7,12-15,22H,3,8-11H2,1-2H3. The molecule has 4 nitrogen and oxygen atoms in total. The van der Waals surface area contributed by atoms with Crippen LogP contribution in [0, 0.1) is 0 Å². The molecule has 1 N–H and O–H groups in total. The van der Waals surface area contributed by atoms with Crippen LogP contribution in [0.15, 0.2) is 35.0 Å². The molecule has 0 unspecified atom stereocenters. The predicted molar refractivity (Wildman–Crippen MR) is 102 cm³/mol. The van der Waals surface area contributed by atoms with Gasteiger partial charge in [-0.3, -0.25) is 0 Å². The van der Waals surface area contributed by atoms with Gasteiger partial charge in [-0.25, -0.2) is 4.79 Å². The monoisotopic (exact) mass is 379 g/mol. The molecule has 2 aromatic heterocycles. The van der Waals surface area contributed by atoms with Gasteiger partial charge in [-0.2, -0.15) is 0 Å². The molecule has 0 bridgehead atoms. The Kier molecular flexibility index (Phi) is 5.94. The molecule has 1 aliphatic carbocycles. The Hall–Kier alpha value is -1.21. The molecular formula is C19H25NO3S2. The summed E-state index contributed by atoms with van der Waals surface area (Å²) in [6.07, 6.45) is 3.65. The number of esters is 1. The molecule has 136 valence electrons. The molecule has 6 heteroatoms. The molecule has 2 aromatic rings. The first kappa shape index (κ1) is 18.6. The molecule has 0 spiro atoms. The van der Waals surface area contributed by atoms with Crippen molar-refractivity contribution < 1.29 is 14.6 Å². The maximum atomic E-state index is 12.9. The van der Waals surface area contributed by atoms with Crippen molar-refractivity contribution in [2.24, 2.45) is 0 Å². The van der Waals surface area contributed by atoms with E-state index in [1.54, 1.807) is 12.1 Å². The van der Waals surface area contributed by atoms with Gasteiger partial charge in [0, 0.05) is 6.04 Å². The van der Waals surface area contributed by atoms with E-state index in [9.17, 15) is 9.90 Å². The van der Waals surface area contributed by atoms with Gasteiger partial charge in [-0.1, -0.05) is 19.1 Å². The molecule has 0 saturated heterocycles. The van der Waals surface area contributed by atoms with Gasteiger partial charge in [0.15, 0.2) is 0 Å². The second-order valence-corrected chi connectivity index (χ2v) is 8.47. The fourth-order valence-electron chi connectivity index (χ4n) is 3.39. The first-order valence-electron chi connectivity index (χ1n) is 8.77. The van der Waals surface area contributed by atoms with Gasteiger partial charge < -0.3 is 14.7 Å². The fraction of sp³-hybridized carbons (Fsp3) is 0.526. The van der Waals surface area contributed by atoms with Crippen molar-refractivity contribution in [1.82, 2.24) is 4.90 Å². The number of ether oxygens (including phenoxy) is 1. The zero-order chi connectivity index (χ0) is 17.9. The molecule has 1 aliphatic rings. The normalized spacial score (nSPS) is 21.4. The molecule has 1 saturated carbocycles. The molecule has 0 aliphatic heterocycles. The summed E-state index contributed by atoms with van der Waals surface area (Å²) >= 11 is 2.75. The largest absolute Gasteiger partial charge is 0.460 e. The Morgan fingerprint density at radius 3 is 2.20 bits per heavy atom. The lowest BCUT2D eigenvalue weighted by Gasteiger charge is -2.35. The minimum Gasteiger partial charge on any atom is -0.460 e. The first-order chi connectivity index (χ1) is 12.1. The topological polar surface area (TPSA) is 49.8 Å². The molecule has 3 rings (SSSR count). The zero-order valence-electron chi connectivity index (χ0n) is 14.7. The SMILES string of the molecule is CCN(C)C1CCC(OC(=O)C(O)(c2cccs2)c2cccs2)CC1. The highest BCUT2D eigenvalue weighted by Gasteiger charge is 2.45. The van der Waals surface area contributed by atoms with Crippen LogP contribution in [0.2, 0.25) is 0 Å². The number of thiophene rings is 2. The highest BCUT2D eigenvalue weighted by atomic mass is 32.1. The molecule has 0 radical (unpaired) electrons. The second-order valence-electron chi connectivity index (χ2n) is 6.57. The van der Waals surface area contributed by atoms with Crippen molar-refractivity contribution in [2.45, 2.75) is 50.4 Å². The van der Waals surface area contributed by atoms with E-state index in [1.165, 1.54) is 22.7 Å². The van der Waals surface area contributed by atoms with E-state index in [1.807, 2.05) is 22.9 Å². The van der Waals surface area contributed by atoms with Crippen LogP contribution in [0.25, 0.3) is 0 Å². The van der Waals surface area contributed by atoms with Crippen LogP contribution in [0.5, 0.6) is 0 Å². The van der Waals surface area contributed by atoms with E-state index in [4.69, 9.17) is 4.74 Å². The van der Waals surface area contributed by atoms with Gasteiger partial charge in [0.2, 0.25) is 5.60 Å². The van der Waals surface area contributed by atoms with E-state index in [-0.39, 0.29) is 6.10 Å². The maximum absolute atomic E-state index is 12.9. The summed E-state index contributed by atoms with van der Waals surface area (Å²) in [7, 11) is 2.14. The molecule has 2 heterocycles. The quantitative estimate of drug-likeness (QED) is 0.775. The summed E-state index contributed by atoms with van der Waals surface area (Å²) in [5.74, 6) is -0.551. The summed E-state index contributed by atoms with van der Waals surface area (Å²) in [5, 5.41) is 15.0. The van der Waals surface area contributed by atoms with E-state index in [0.29, 0.717) is 15.8 Å². The highest BCUT2D eigenvalue weighted by Crippen LogP contribution is 2.38. The van der Waals surface area contributed by atoms with Crippen LogP contribution in [0.4, 0.5) is 0 Å². The Morgan fingerprint density at radius 1 is 1.20 bits per heavy atom. The third-order valence-electron chi connectivity index (χ3n) is 5.09. The number of carbonyl (C=O) groups excluding carboxylic acids is 1.